The fourth-order valence-corrected chi connectivity index (χ4v) is 3.14. The topological polar surface area (TPSA) is 139 Å². The molecule has 29 heavy (non-hydrogen) atoms. The summed E-state index contributed by atoms with van der Waals surface area (Å²) in [4.78, 5) is 27.7. The van der Waals surface area contributed by atoms with Gasteiger partial charge in [0.1, 0.15) is 18.0 Å². The lowest BCUT2D eigenvalue weighted by Crippen LogP contribution is -2.53. The third kappa shape index (κ3) is 3.94. The van der Waals surface area contributed by atoms with Crippen LogP contribution in [0.1, 0.15) is 15.9 Å². The number of hydrogen-bond acceptors (Lipinski definition) is 7. The molecule has 0 bridgehead atoms. The molecule has 3 heterocycles. The Balaban J connectivity index is 1.42. The normalized spacial score (nSPS) is 15.3. The molecule has 146 valence electrons. The van der Waals surface area contributed by atoms with Crippen molar-refractivity contribution in [3.63, 3.8) is 0 Å². The Labute approximate surface area is 165 Å². The van der Waals surface area contributed by atoms with Crippen molar-refractivity contribution in [3.8, 4) is 17.0 Å². The van der Waals surface area contributed by atoms with Crippen molar-refractivity contribution in [3.05, 3.63) is 60.0 Å². The smallest absolute Gasteiger partial charge is 0.534 e. The second-order valence-electron chi connectivity index (χ2n) is 6.53. The second kappa shape index (κ2) is 7.72. The largest absolute Gasteiger partial charge is 0.547 e. The van der Waals surface area contributed by atoms with Crippen molar-refractivity contribution in [1.29, 1.82) is 0 Å². The predicted octanol–water partition coefficient (Wildman–Crippen LogP) is 0.178. The molecule has 10 nitrogen and oxygen atoms in total. The molecular formula is C18H16BN5O5. The van der Waals surface area contributed by atoms with Gasteiger partial charge >= 0.3 is 13.1 Å². The number of pyridine rings is 1. The number of aromatic carboxylic acids is 1. The van der Waals surface area contributed by atoms with Crippen molar-refractivity contribution >= 4 is 19.0 Å². The van der Waals surface area contributed by atoms with Crippen LogP contribution in [0.5, 0.6) is 5.75 Å². The maximum Gasteiger partial charge on any atom is 0.547 e. The van der Waals surface area contributed by atoms with Crippen molar-refractivity contribution in [2.75, 3.05) is 0 Å². The predicted molar refractivity (Wildman–Crippen MR) is 101 cm³/mol. The van der Waals surface area contributed by atoms with Gasteiger partial charge in [0.25, 0.3) is 0 Å². The fraction of sp³-hybridized carbons (Fsp3) is 0.167. The molecule has 0 radical (unpaired) electrons. The van der Waals surface area contributed by atoms with Crippen LogP contribution in [0, 0.1) is 0 Å². The molecule has 3 aromatic rings. The van der Waals surface area contributed by atoms with Gasteiger partial charge in [0.05, 0.1) is 17.7 Å². The van der Waals surface area contributed by atoms with E-state index in [1.165, 1.54) is 10.7 Å². The van der Waals surface area contributed by atoms with E-state index >= 15 is 0 Å². The number of hydrogen-bond donors (Lipinski definition) is 3. The molecule has 1 aromatic carbocycles. The van der Waals surface area contributed by atoms with Gasteiger partial charge in [-0.15, -0.1) is 5.10 Å². The Bertz CT molecular complexity index is 1060. The maximum atomic E-state index is 12.4. The van der Waals surface area contributed by atoms with E-state index < -0.39 is 24.9 Å². The molecule has 0 aliphatic carbocycles. The highest BCUT2D eigenvalue weighted by atomic mass is 16.5. The van der Waals surface area contributed by atoms with Crippen LogP contribution in [0.25, 0.3) is 11.3 Å². The number of nitrogens with zero attached hydrogens (tertiary/aromatic N) is 4. The van der Waals surface area contributed by atoms with Crippen LogP contribution in [0.4, 0.5) is 0 Å². The first-order valence-electron chi connectivity index (χ1n) is 8.81. The van der Waals surface area contributed by atoms with Gasteiger partial charge in [-0.3, -0.25) is 9.78 Å². The van der Waals surface area contributed by atoms with E-state index in [0.717, 1.165) is 5.56 Å². The third-order valence-corrected chi connectivity index (χ3v) is 4.50. The zero-order valence-corrected chi connectivity index (χ0v) is 15.1. The van der Waals surface area contributed by atoms with Crippen molar-refractivity contribution in [2.24, 2.45) is 0 Å². The Morgan fingerprint density at radius 2 is 2.17 bits per heavy atom. The number of carboxylic acids is 1. The molecule has 2 aromatic heterocycles. The number of carbonyl (C=O) groups excluding carboxylic acids is 1. The number of amides is 1. The molecule has 4 rings (SSSR count). The molecule has 1 unspecified atom stereocenters. The number of rotatable bonds is 5. The van der Waals surface area contributed by atoms with E-state index in [1.807, 2.05) is 6.07 Å². The molecule has 0 saturated heterocycles. The number of benzene rings is 1. The summed E-state index contributed by atoms with van der Waals surface area (Å²) in [5.74, 6) is -2.14. The van der Waals surface area contributed by atoms with Gasteiger partial charge < -0.3 is 20.1 Å². The van der Waals surface area contributed by atoms with E-state index in [-0.39, 0.29) is 24.3 Å². The zero-order chi connectivity index (χ0) is 20.4. The summed E-state index contributed by atoms with van der Waals surface area (Å²) < 4.78 is 6.75. The monoisotopic (exact) mass is 393 g/mol. The van der Waals surface area contributed by atoms with E-state index in [1.54, 1.807) is 36.8 Å². The number of fused-ring (bicyclic) bond motifs is 1. The van der Waals surface area contributed by atoms with Crippen LogP contribution in [0.15, 0.2) is 48.9 Å². The average molecular weight is 393 g/mol. The van der Waals surface area contributed by atoms with Gasteiger partial charge in [0, 0.05) is 18.0 Å². The summed E-state index contributed by atoms with van der Waals surface area (Å²) in [6.07, 6.45) is 5.16. The number of para-hydroxylation sites is 1. The number of nitrogens with one attached hydrogen (secondary N) is 1. The SMILES string of the molecule is O=C(Cn1cc(-c2cccnc2)nn1)NC1Cc2cccc(C(=O)O)c2OB1O. The highest BCUT2D eigenvalue weighted by molar-refractivity contribution is 6.47. The van der Waals surface area contributed by atoms with Crippen molar-refractivity contribution in [1.82, 2.24) is 25.3 Å². The van der Waals surface area contributed by atoms with Crippen LogP contribution in [0.3, 0.4) is 0 Å². The lowest BCUT2D eigenvalue weighted by molar-refractivity contribution is -0.122. The Hall–Kier alpha value is -3.73. The van der Waals surface area contributed by atoms with Gasteiger partial charge in [0.2, 0.25) is 5.91 Å². The van der Waals surface area contributed by atoms with Crippen molar-refractivity contribution in [2.45, 2.75) is 18.9 Å². The minimum atomic E-state index is -1.37. The fourth-order valence-electron chi connectivity index (χ4n) is 3.14. The minimum absolute atomic E-state index is 0.0307. The quantitative estimate of drug-likeness (QED) is 0.522. The summed E-state index contributed by atoms with van der Waals surface area (Å²) in [7, 11) is -1.37. The summed E-state index contributed by atoms with van der Waals surface area (Å²) in [5, 5.41) is 30.1. The summed E-state index contributed by atoms with van der Waals surface area (Å²) >= 11 is 0. The Kier molecular flexibility index (Phi) is 4.96. The summed E-state index contributed by atoms with van der Waals surface area (Å²) in [6, 6.07) is 8.30. The minimum Gasteiger partial charge on any atom is -0.534 e. The summed E-state index contributed by atoms with van der Waals surface area (Å²) in [6.45, 7) is -0.0987. The van der Waals surface area contributed by atoms with Gasteiger partial charge in [-0.1, -0.05) is 17.3 Å². The van der Waals surface area contributed by atoms with Gasteiger partial charge in [-0.25, -0.2) is 9.48 Å². The van der Waals surface area contributed by atoms with E-state index in [4.69, 9.17) is 4.65 Å². The van der Waals surface area contributed by atoms with Crippen molar-refractivity contribution < 1.29 is 24.4 Å². The molecule has 3 N–H and O–H groups in total. The lowest BCUT2D eigenvalue weighted by Gasteiger charge is -2.28. The van der Waals surface area contributed by atoms with E-state index in [2.05, 4.69) is 20.6 Å². The number of carbonyl (C=O) groups is 2. The van der Waals surface area contributed by atoms with Gasteiger partial charge in [-0.2, -0.15) is 0 Å². The first-order valence-corrected chi connectivity index (χ1v) is 8.81. The molecule has 1 atom stereocenters. The van der Waals surface area contributed by atoms with Gasteiger partial charge in [-0.05, 0) is 30.2 Å². The standard InChI is InChI=1S/C18H16BN5O5/c25-16(10-24-9-14(22-23-24)12-4-2-6-20-8-12)21-15-7-11-3-1-5-13(18(26)27)17(11)29-19(15)28/h1-6,8-9,15,28H,7,10H2,(H,21,25)(H,26,27). The van der Waals surface area contributed by atoms with Gasteiger partial charge in [0.15, 0.2) is 0 Å². The van der Waals surface area contributed by atoms with Crippen LogP contribution < -0.4 is 9.97 Å². The molecular weight excluding hydrogens is 377 g/mol. The Morgan fingerprint density at radius 1 is 1.31 bits per heavy atom. The zero-order valence-electron chi connectivity index (χ0n) is 15.1. The molecule has 1 aliphatic rings. The lowest BCUT2D eigenvalue weighted by atomic mass is 9.72. The van der Waals surface area contributed by atoms with E-state index in [0.29, 0.717) is 11.3 Å². The Morgan fingerprint density at radius 3 is 2.93 bits per heavy atom. The first-order chi connectivity index (χ1) is 14.0. The first kappa shape index (κ1) is 18.6. The van der Waals surface area contributed by atoms with Crippen LogP contribution >= 0.6 is 0 Å². The molecule has 0 spiro atoms. The molecule has 0 saturated carbocycles. The van der Waals surface area contributed by atoms with Crippen LogP contribution in [0.2, 0.25) is 0 Å². The number of carboxylic acid groups (broad SMARTS) is 1. The summed E-state index contributed by atoms with van der Waals surface area (Å²) in [5.41, 5.74) is 1.93. The molecule has 0 fully saturated rings. The number of aromatic nitrogens is 4. The molecule has 1 aliphatic heterocycles. The van der Waals surface area contributed by atoms with Crippen LogP contribution in [-0.2, 0) is 17.8 Å². The maximum absolute atomic E-state index is 12.4. The van der Waals surface area contributed by atoms with Crippen LogP contribution in [-0.4, -0.2) is 55.0 Å². The highest BCUT2D eigenvalue weighted by Crippen LogP contribution is 2.30. The second-order valence-corrected chi connectivity index (χ2v) is 6.53. The molecule has 11 heteroatoms. The highest BCUT2D eigenvalue weighted by Gasteiger charge is 2.37. The van der Waals surface area contributed by atoms with E-state index in [9.17, 15) is 19.7 Å². The third-order valence-electron chi connectivity index (χ3n) is 4.50. The molecule has 1 amide bonds. The average Bonchev–Trinajstić information content (AvgIpc) is 3.17.